The van der Waals surface area contributed by atoms with E-state index in [0.717, 1.165) is 18.4 Å². The lowest BCUT2D eigenvalue weighted by atomic mass is 9.80. The van der Waals surface area contributed by atoms with Crippen LogP contribution in [0.3, 0.4) is 0 Å². The van der Waals surface area contributed by atoms with Gasteiger partial charge >= 0.3 is 0 Å². The average Bonchev–Trinajstić information content (AvgIpc) is 2.18. The molecular weight excluding hydrogens is 186 g/mol. The zero-order chi connectivity index (χ0) is 11.3. The van der Waals surface area contributed by atoms with Crippen molar-refractivity contribution in [3.63, 3.8) is 0 Å². The van der Waals surface area contributed by atoms with Gasteiger partial charge in [-0.3, -0.25) is 0 Å². The summed E-state index contributed by atoms with van der Waals surface area (Å²) in [5, 5.41) is 18.2. The number of rotatable bonds is 4. The monoisotopic (exact) mass is 203 g/mol. The minimum atomic E-state index is -0.0673. The van der Waals surface area contributed by atoms with Crippen LogP contribution in [0.1, 0.15) is 38.7 Å². The lowest BCUT2D eigenvalue weighted by molar-refractivity contribution is 0.414. The first kappa shape index (κ1) is 11.6. The summed E-state index contributed by atoms with van der Waals surface area (Å²) in [6.45, 7) is 4.19. The zero-order valence-corrected chi connectivity index (χ0v) is 9.33. The number of benzene rings is 1. The summed E-state index contributed by atoms with van der Waals surface area (Å²) in [7, 11) is 0. The van der Waals surface area contributed by atoms with E-state index < -0.39 is 0 Å². The number of phenols is 1. The minimum absolute atomic E-state index is 0.0673. The fourth-order valence-corrected chi connectivity index (χ4v) is 1.79. The molecule has 15 heavy (non-hydrogen) atoms. The molecular formula is C13H17NO. The number of unbranched alkanes of at least 4 members (excludes halogenated alkanes) is 1. The molecule has 0 bridgehead atoms. The van der Waals surface area contributed by atoms with Gasteiger partial charge in [-0.2, -0.15) is 5.26 Å². The molecule has 1 aromatic rings. The predicted molar refractivity (Wildman–Crippen MR) is 60.6 cm³/mol. The van der Waals surface area contributed by atoms with Gasteiger partial charge in [0.05, 0.1) is 6.07 Å². The van der Waals surface area contributed by atoms with Crippen molar-refractivity contribution < 1.29 is 5.11 Å². The van der Waals surface area contributed by atoms with Gasteiger partial charge in [0.25, 0.3) is 0 Å². The van der Waals surface area contributed by atoms with Gasteiger partial charge in [0.2, 0.25) is 0 Å². The molecule has 1 aromatic carbocycles. The molecule has 0 unspecified atom stereocenters. The van der Waals surface area contributed by atoms with Crippen molar-refractivity contribution in [1.29, 1.82) is 5.26 Å². The molecule has 0 spiro atoms. The molecule has 0 atom stereocenters. The maximum atomic E-state index is 9.74. The van der Waals surface area contributed by atoms with Crippen LogP contribution in [-0.4, -0.2) is 5.11 Å². The number of hydrogen-bond acceptors (Lipinski definition) is 2. The van der Waals surface area contributed by atoms with Gasteiger partial charge < -0.3 is 5.11 Å². The van der Waals surface area contributed by atoms with E-state index in [1.165, 1.54) is 0 Å². The summed E-state index contributed by atoms with van der Waals surface area (Å²) < 4.78 is 0. The molecule has 0 aliphatic rings. The van der Waals surface area contributed by atoms with Crippen LogP contribution in [0.5, 0.6) is 5.75 Å². The highest BCUT2D eigenvalue weighted by Crippen LogP contribution is 2.34. The highest BCUT2D eigenvalue weighted by Gasteiger charge is 2.22. The first-order chi connectivity index (χ1) is 7.08. The molecule has 0 saturated carbocycles. The van der Waals surface area contributed by atoms with Gasteiger partial charge in [-0.25, -0.2) is 0 Å². The summed E-state index contributed by atoms with van der Waals surface area (Å²) in [5.74, 6) is 0.347. The zero-order valence-electron chi connectivity index (χ0n) is 9.33. The Morgan fingerprint density at radius 2 is 2.00 bits per heavy atom. The van der Waals surface area contributed by atoms with Gasteiger partial charge in [-0.15, -0.1) is 0 Å². The Morgan fingerprint density at radius 3 is 2.60 bits per heavy atom. The number of aromatic hydroxyl groups is 1. The van der Waals surface area contributed by atoms with Crippen LogP contribution in [-0.2, 0) is 5.41 Å². The number of phenolic OH excluding ortho intramolecular Hbond substituents is 1. The highest BCUT2D eigenvalue weighted by atomic mass is 16.3. The fraction of sp³-hybridized carbons (Fsp3) is 0.462. The Bertz CT molecular complexity index is 363. The summed E-state index contributed by atoms with van der Waals surface area (Å²) in [6, 6.07) is 9.55. The number of nitriles is 1. The molecule has 0 amide bonds. The number of nitrogens with zero attached hydrogens (tertiary/aromatic N) is 1. The van der Waals surface area contributed by atoms with E-state index in [-0.39, 0.29) is 5.41 Å². The molecule has 0 saturated heterocycles. The summed E-state index contributed by atoms with van der Waals surface area (Å²) >= 11 is 0. The molecule has 2 heteroatoms. The lowest BCUT2D eigenvalue weighted by Crippen LogP contribution is -2.16. The molecule has 1 rings (SSSR count). The van der Waals surface area contributed by atoms with Crippen LogP contribution in [0.25, 0.3) is 0 Å². The molecule has 0 fully saturated rings. The van der Waals surface area contributed by atoms with Crippen molar-refractivity contribution in [3.05, 3.63) is 29.8 Å². The minimum Gasteiger partial charge on any atom is -0.508 e. The third kappa shape index (κ3) is 2.99. The smallest absolute Gasteiger partial charge is 0.119 e. The Hall–Kier alpha value is -1.49. The van der Waals surface area contributed by atoms with Crippen LogP contribution in [0.2, 0.25) is 0 Å². The maximum Gasteiger partial charge on any atom is 0.119 e. The Balaban J connectivity index is 2.77. The van der Waals surface area contributed by atoms with Crippen LogP contribution in [0.15, 0.2) is 24.3 Å². The molecule has 0 radical (unpaired) electrons. The molecule has 0 aromatic heterocycles. The van der Waals surface area contributed by atoms with Crippen molar-refractivity contribution >= 4 is 0 Å². The molecule has 1 N–H and O–H groups in total. The van der Waals surface area contributed by atoms with E-state index in [9.17, 15) is 5.11 Å². The second kappa shape index (κ2) is 4.84. The van der Waals surface area contributed by atoms with Gasteiger partial charge in [0.1, 0.15) is 5.75 Å². The fourth-order valence-electron chi connectivity index (χ4n) is 1.79. The van der Waals surface area contributed by atoms with Gasteiger partial charge in [0.15, 0.2) is 0 Å². The quantitative estimate of drug-likeness (QED) is 0.762. The van der Waals surface area contributed by atoms with E-state index in [1.54, 1.807) is 6.07 Å². The van der Waals surface area contributed by atoms with Crippen molar-refractivity contribution in [2.45, 2.75) is 38.5 Å². The van der Waals surface area contributed by atoms with E-state index in [2.05, 4.69) is 19.9 Å². The standard InChI is InChI=1S/C13H17NO/c1-13(2,9-5-6-10-14)11-7-3-4-8-12(11)15/h3-4,7-8,15H,5-6,9H2,1-2H3. The normalized spacial score (nSPS) is 11.0. The van der Waals surface area contributed by atoms with Gasteiger partial charge in [-0.1, -0.05) is 32.0 Å². The van der Waals surface area contributed by atoms with E-state index in [1.807, 2.05) is 18.2 Å². The van der Waals surface area contributed by atoms with Crippen molar-refractivity contribution in [2.75, 3.05) is 0 Å². The third-order valence-corrected chi connectivity index (χ3v) is 2.72. The first-order valence-electron chi connectivity index (χ1n) is 5.23. The number of para-hydroxylation sites is 1. The molecule has 2 nitrogen and oxygen atoms in total. The van der Waals surface area contributed by atoms with Crippen LogP contribution < -0.4 is 0 Å². The van der Waals surface area contributed by atoms with E-state index in [4.69, 9.17) is 5.26 Å². The second-order valence-corrected chi connectivity index (χ2v) is 4.41. The van der Waals surface area contributed by atoms with Crippen LogP contribution in [0, 0.1) is 11.3 Å². The predicted octanol–water partition coefficient (Wildman–Crippen LogP) is 3.36. The molecule has 0 aliphatic carbocycles. The van der Waals surface area contributed by atoms with Crippen LogP contribution >= 0.6 is 0 Å². The molecule has 0 heterocycles. The Kier molecular flexibility index (Phi) is 3.74. The van der Waals surface area contributed by atoms with Crippen molar-refractivity contribution in [3.8, 4) is 11.8 Å². The Morgan fingerprint density at radius 1 is 1.33 bits per heavy atom. The molecule has 80 valence electrons. The summed E-state index contributed by atoms with van der Waals surface area (Å²) in [5.41, 5.74) is 0.894. The second-order valence-electron chi connectivity index (χ2n) is 4.41. The maximum absolute atomic E-state index is 9.74. The third-order valence-electron chi connectivity index (χ3n) is 2.72. The largest absolute Gasteiger partial charge is 0.508 e. The Labute approximate surface area is 91.2 Å². The molecule has 0 aliphatic heterocycles. The van der Waals surface area contributed by atoms with E-state index >= 15 is 0 Å². The highest BCUT2D eigenvalue weighted by molar-refractivity contribution is 5.37. The van der Waals surface area contributed by atoms with Gasteiger partial charge in [0, 0.05) is 6.42 Å². The SMILES string of the molecule is CC(C)(CCCC#N)c1ccccc1O. The van der Waals surface area contributed by atoms with Gasteiger partial charge in [-0.05, 0) is 29.9 Å². The summed E-state index contributed by atoms with van der Waals surface area (Å²) in [6.07, 6.45) is 2.37. The number of hydrogen-bond donors (Lipinski definition) is 1. The lowest BCUT2D eigenvalue weighted by Gasteiger charge is -2.25. The summed E-state index contributed by atoms with van der Waals surface area (Å²) in [4.78, 5) is 0. The van der Waals surface area contributed by atoms with Crippen molar-refractivity contribution in [2.24, 2.45) is 0 Å². The van der Waals surface area contributed by atoms with Crippen molar-refractivity contribution in [1.82, 2.24) is 0 Å². The first-order valence-corrected chi connectivity index (χ1v) is 5.23. The topological polar surface area (TPSA) is 44.0 Å². The van der Waals surface area contributed by atoms with E-state index in [0.29, 0.717) is 12.2 Å². The average molecular weight is 203 g/mol. The van der Waals surface area contributed by atoms with Crippen LogP contribution in [0.4, 0.5) is 0 Å².